The molecule has 6 rings (SSSR count). The van der Waals surface area contributed by atoms with Gasteiger partial charge in [0.05, 0.1) is 12.9 Å². The molecular weight excluding hydrogens is 721 g/mol. The molecule has 7 atom stereocenters. The number of phosphoric acid groups is 1. The number of fused-ring (bicyclic) bond motifs is 2. The topological polar surface area (TPSA) is 219 Å². The highest BCUT2D eigenvalue weighted by Gasteiger charge is 2.48. The van der Waals surface area contributed by atoms with Gasteiger partial charge in [-0.2, -0.15) is 19.4 Å². The van der Waals surface area contributed by atoms with Gasteiger partial charge in [-0.3, -0.25) is 13.9 Å². The van der Waals surface area contributed by atoms with Crippen molar-refractivity contribution in [2.24, 2.45) is 0 Å². The van der Waals surface area contributed by atoms with Gasteiger partial charge in [-0.05, 0) is 35.5 Å². The highest BCUT2D eigenvalue weighted by molar-refractivity contribution is 7.63. The van der Waals surface area contributed by atoms with Gasteiger partial charge in [-0.1, -0.05) is 66.7 Å². The van der Waals surface area contributed by atoms with Crippen LogP contribution in [0.2, 0.25) is 5.28 Å². The fourth-order valence-electron chi connectivity index (χ4n) is 5.10. The quantitative estimate of drug-likeness (QED) is 0.0718. The van der Waals surface area contributed by atoms with Crippen LogP contribution in [0.3, 0.4) is 0 Å². The standard InChI is InChI=1S/C30H30ClFN6O10P2/c1-17(29(40)44-14-18-8-3-2-4-9-18)37-49(41,47-21-13-7-11-19-10-5-6-12-20(19)21)48-50(42,43)45-15-22-25(39)23(32)28(46-22)38-16-34-24-26(33)35-30(31)36-27(24)38/h2-13,16-17,22-23,25,28,39H,14-15H2,1H3,(H,37,41)(H,42,43)(H2,33,35,36)/t17-,22+,23+,25?,28+,49?/m0/s1. The molecule has 1 fully saturated rings. The number of nitrogens with zero attached hydrogens (tertiary/aromatic N) is 4. The van der Waals surface area contributed by atoms with Crippen molar-refractivity contribution in [1.82, 2.24) is 24.6 Å². The number of imidazole rings is 1. The van der Waals surface area contributed by atoms with E-state index in [1.807, 2.05) is 0 Å². The monoisotopic (exact) mass is 750 g/mol. The van der Waals surface area contributed by atoms with Crippen molar-refractivity contribution < 1.29 is 51.1 Å². The van der Waals surface area contributed by atoms with Crippen molar-refractivity contribution in [3.05, 3.63) is 90.0 Å². The smallest absolute Gasteiger partial charge is 0.460 e. The first-order chi connectivity index (χ1) is 23.8. The van der Waals surface area contributed by atoms with Crippen molar-refractivity contribution in [2.75, 3.05) is 12.3 Å². The van der Waals surface area contributed by atoms with E-state index >= 15 is 4.39 Å². The number of esters is 1. The minimum absolute atomic E-state index is 0.00842. The number of anilines is 1. The predicted molar refractivity (Wildman–Crippen MR) is 177 cm³/mol. The molecule has 1 aliphatic rings. The molecule has 0 saturated carbocycles. The zero-order valence-corrected chi connectivity index (χ0v) is 28.5. The van der Waals surface area contributed by atoms with Gasteiger partial charge in [-0.15, -0.1) is 0 Å². The largest absolute Gasteiger partial charge is 0.481 e. The Labute approximate surface area is 288 Å². The summed E-state index contributed by atoms with van der Waals surface area (Å²) in [7, 11) is -10.3. The molecule has 5 N–H and O–H groups in total. The molecule has 0 spiro atoms. The first-order valence-electron chi connectivity index (χ1n) is 14.9. The summed E-state index contributed by atoms with van der Waals surface area (Å²) in [6, 6.07) is 19.1. The number of halogens is 2. The van der Waals surface area contributed by atoms with Crippen molar-refractivity contribution in [2.45, 2.75) is 44.2 Å². The molecule has 264 valence electrons. The fourth-order valence-corrected chi connectivity index (χ4v) is 8.26. The summed E-state index contributed by atoms with van der Waals surface area (Å²) in [5.74, 6) is -0.970. The number of phosphoric ester groups is 1. The van der Waals surface area contributed by atoms with Gasteiger partial charge in [-0.25, -0.2) is 18.5 Å². The zero-order chi connectivity index (χ0) is 35.6. The van der Waals surface area contributed by atoms with Crippen LogP contribution in [0.1, 0.15) is 18.7 Å². The number of nitrogens with two attached hydrogens (primary N) is 1. The van der Waals surface area contributed by atoms with Crippen molar-refractivity contribution in [3.63, 3.8) is 0 Å². The van der Waals surface area contributed by atoms with Gasteiger partial charge in [0.25, 0.3) is 0 Å². The molecule has 50 heavy (non-hydrogen) atoms. The van der Waals surface area contributed by atoms with E-state index in [2.05, 4.69) is 20.0 Å². The van der Waals surface area contributed by atoms with Gasteiger partial charge < -0.3 is 29.7 Å². The lowest BCUT2D eigenvalue weighted by Crippen LogP contribution is -2.35. The maximum absolute atomic E-state index is 15.3. The van der Waals surface area contributed by atoms with Crippen LogP contribution in [-0.2, 0) is 38.8 Å². The number of aliphatic hydroxyl groups excluding tert-OH is 1. The molecule has 0 amide bonds. The summed E-state index contributed by atoms with van der Waals surface area (Å²) in [5.41, 5.74) is 6.60. The third kappa shape index (κ3) is 7.97. The van der Waals surface area contributed by atoms with Crippen LogP contribution in [-0.4, -0.2) is 66.5 Å². The molecular formula is C30H30ClFN6O10P2. The Morgan fingerprint density at radius 3 is 2.62 bits per heavy atom. The van der Waals surface area contributed by atoms with Gasteiger partial charge in [0.2, 0.25) is 5.28 Å². The lowest BCUT2D eigenvalue weighted by molar-refractivity contribution is -0.146. The Hall–Kier alpha value is -4.02. The summed E-state index contributed by atoms with van der Waals surface area (Å²) in [6.07, 6.45) is -5.89. The van der Waals surface area contributed by atoms with Crippen LogP contribution in [0, 0.1) is 0 Å². The molecule has 3 unspecified atom stereocenters. The van der Waals surface area contributed by atoms with Crippen LogP contribution in [0.4, 0.5) is 10.2 Å². The molecule has 0 radical (unpaired) electrons. The molecule has 5 aromatic rings. The maximum Gasteiger partial charge on any atom is 0.481 e. The second-order valence-electron chi connectivity index (χ2n) is 11.1. The number of benzene rings is 3. The average Bonchev–Trinajstić information content (AvgIpc) is 3.62. The predicted octanol–water partition coefficient (Wildman–Crippen LogP) is 4.85. The lowest BCUT2D eigenvalue weighted by Gasteiger charge is -2.25. The number of carbonyl (C=O) groups excluding carboxylic acids is 1. The molecule has 1 saturated heterocycles. The number of aromatic nitrogens is 4. The molecule has 3 aromatic carbocycles. The van der Waals surface area contributed by atoms with Gasteiger partial charge in [0.15, 0.2) is 23.9 Å². The number of alkyl halides is 1. The fraction of sp³-hybridized carbons (Fsp3) is 0.267. The summed E-state index contributed by atoms with van der Waals surface area (Å²) in [6.45, 7) is 0.263. The third-order valence-electron chi connectivity index (χ3n) is 7.50. The molecule has 20 heteroatoms. The first-order valence-corrected chi connectivity index (χ1v) is 18.3. The number of aliphatic hydroxyl groups is 1. The van der Waals surface area contributed by atoms with E-state index in [0.29, 0.717) is 16.3 Å². The number of ether oxygens (including phenoxy) is 2. The average molecular weight is 751 g/mol. The molecule has 0 aliphatic carbocycles. The van der Waals surface area contributed by atoms with E-state index < -0.39 is 58.8 Å². The highest BCUT2D eigenvalue weighted by atomic mass is 35.5. The molecule has 0 bridgehead atoms. The van der Waals surface area contributed by atoms with Crippen LogP contribution < -0.4 is 15.3 Å². The number of nitrogen functional groups attached to an aromatic ring is 1. The van der Waals surface area contributed by atoms with Gasteiger partial charge in [0, 0.05) is 5.39 Å². The normalized spacial score (nSPS) is 22.2. The van der Waals surface area contributed by atoms with E-state index in [-0.39, 0.29) is 34.6 Å². The van der Waals surface area contributed by atoms with Crippen molar-refractivity contribution in [1.29, 1.82) is 0 Å². The number of carbonyl (C=O) groups is 1. The van der Waals surface area contributed by atoms with Gasteiger partial charge in [0.1, 0.15) is 36.1 Å². The Bertz CT molecular complexity index is 2110. The van der Waals surface area contributed by atoms with Crippen molar-refractivity contribution >= 4 is 60.9 Å². The number of hydrogen-bond donors (Lipinski definition) is 4. The van der Waals surface area contributed by atoms with Crippen molar-refractivity contribution in [3.8, 4) is 5.75 Å². The summed E-state index contributed by atoms with van der Waals surface area (Å²) in [5, 5.41) is 13.8. The maximum atomic E-state index is 15.3. The molecule has 16 nitrogen and oxygen atoms in total. The second kappa shape index (κ2) is 14.7. The van der Waals surface area contributed by atoms with E-state index in [9.17, 15) is 23.9 Å². The summed E-state index contributed by atoms with van der Waals surface area (Å²) < 4.78 is 70.6. The molecule has 2 aromatic heterocycles. The molecule has 1 aliphatic heterocycles. The minimum Gasteiger partial charge on any atom is -0.460 e. The second-order valence-corrected chi connectivity index (χ2v) is 14.7. The third-order valence-corrected chi connectivity index (χ3v) is 11.0. The van der Waals surface area contributed by atoms with E-state index in [4.69, 9.17) is 40.2 Å². The number of rotatable bonds is 13. The Balaban J connectivity index is 1.18. The van der Waals surface area contributed by atoms with Crippen LogP contribution in [0.25, 0.3) is 21.9 Å². The van der Waals surface area contributed by atoms with E-state index in [0.717, 1.165) is 10.9 Å². The first kappa shape index (κ1) is 35.8. The Kier molecular flexibility index (Phi) is 10.5. The number of nitrogens with one attached hydrogen (secondary N) is 1. The highest BCUT2D eigenvalue weighted by Crippen LogP contribution is 2.61. The van der Waals surface area contributed by atoms with E-state index in [1.54, 1.807) is 66.7 Å². The summed E-state index contributed by atoms with van der Waals surface area (Å²) in [4.78, 5) is 35.4. The molecule has 3 heterocycles. The number of hydrogen-bond acceptors (Lipinski definition) is 13. The SMILES string of the molecule is C[C@H](NP(=O)(Oc1cccc2ccccc12)OP(=O)(O)OC[C@H]1O[C@@H](n2cnc3c(N)nc(Cl)nc32)[C@H](F)C1O)C(=O)OCc1ccccc1. The van der Waals surface area contributed by atoms with Crippen LogP contribution in [0.15, 0.2) is 79.1 Å². The van der Waals surface area contributed by atoms with Crippen LogP contribution in [0.5, 0.6) is 5.75 Å². The van der Waals surface area contributed by atoms with E-state index in [1.165, 1.54) is 13.0 Å². The minimum atomic E-state index is -5.38. The lowest BCUT2D eigenvalue weighted by atomic mass is 10.1. The summed E-state index contributed by atoms with van der Waals surface area (Å²) >= 11 is 5.89. The Morgan fingerprint density at radius 1 is 1.12 bits per heavy atom. The zero-order valence-electron chi connectivity index (χ0n) is 26.0. The Morgan fingerprint density at radius 2 is 1.84 bits per heavy atom. The van der Waals surface area contributed by atoms with Gasteiger partial charge >= 0.3 is 21.5 Å². The van der Waals surface area contributed by atoms with Crippen LogP contribution >= 0.6 is 27.2 Å².